The molecule has 2 N–H and O–H groups in total. The number of rotatable bonds is 5. The van der Waals surface area contributed by atoms with Crippen LogP contribution >= 0.6 is 0 Å². The molecule has 0 aliphatic carbocycles. The zero-order chi connectivity index (χ0) is 16.3. The number of nitrogen functional groups attached to an aromatic ring is 1. The molecule has 2 rings (SSSR count). The fraction of sp³-hybridized carbons (Fsp3) is 0.389. The van der Waals surface area contributed by atoms with Crippen molar-refractivity contribution in [3.8, 4) is 0 Å². The predicted octanol–water partition coefficient (Wildman–Crippen LogP) is 3.17. The molecule has 0 saturated heterocycles. The highest BCUT2D eigenvalue weighted by atomic mass is 16.5. The molecule has 0 aromatic heterocycles. The number of fused-ring (bicyclic) bond motifs is 1. The van der Waals surface area contributed by atoms with E-state index in [1.807, 2.05) is 44.4 Å². The van der Waals surface area contributed by atoms with Crippen molar-refractivity contribution in [3.63, 3.8) is 0 Å². The Morgan fingerprint density at radius 2 is 1.91 bits per heavy atom. The van der Waals surface area contributed by atoms with Gasteiger partial charge in [0.05, 0.1) is 12.2 Å². The van der Waals surface area contributed by atoms with Crippen molar-refractivity contribution in [1.29, 1.82) is 0 Å². The zero-order valence-corrected chi connectivity index (χ0v) is 13.7. The van der Waals surface area contributed by atoms with Crippen LogP contribution < -0.4 is 5.73 Å². The van der Waals surface area contributed by atoms with Gasteiger partial charge in [0.15, 0.2) is 0 Å². The largest absolute Gasteiger partial charge is 0.461 e. The van der Waals surface area contributed by atoms with Crippen molar-refractivity contribution in [2.75, 3.05) is 33.0 Å². The van der Waals surface area contributed by atoms with Crippen molar-refractivity contribution in [2.24, 2.45) is 5.41 Å². The van der Waals surface area contributed by atoms with Gasteiger partial charge in [-0.15, -0.1) is 0 Å². The summed E-state index contributed by atoms with van der Waals surface area (Å²) < 4.78 is 5.54. The number of anilines is 1. The first-order valence-corrected chi connectivity index (χ1v) is 7.39. The Morgan fingerprint density at radius 1 is 1.23 bits per heavy atom. The fourth-order valence-corrected chi connectivity index (χ4v) is 2.74. The third kappa shape index (κ3) is 3.98. The molecule has 0 radical (unpaired) electrons. The molecule has 0 amide bonds. The van der Waals surface area contributed by atoms with Crippen LogP contribution in [0.2, 0.25) is 0 Å². The number of esters is 1. The first-order valence-electron chi connectivity index (χ1n) is 7.39. The van der Waals surface area contributed by atoms with E-state index in [9.17, 15) is 4.79 Å². The quantitative estimate of drug-likeness (QED) is 0.680. The van der Waals surface area contributed by atoms with Crippen molar-refractivity contribution in [2.45, 2.75) is 13.8 Å². The molecular formula is C18H24N2O2. The molecular weight excluding hydrogens is 276 g/mol. The molecule has 0 unspecified atom stereocenters. The highest BCUT2D eigenvalue weighted by Gasteiger charge is 2.22. The number of hydrogen-bond donors (Lipinski definition) is 1. The van der Waals surface area contributed by atoms with Crippen molar-refractivity contribution in [3.05, 3.63) is 42.0 Å². The minimum Gasteiger partial charge on any atom is -0.461 e. The van der Waals surface area contributed by atoms with Crippen molar-refractivity contribution >= 4 is 22.4 Å². The third-order valence-electron chi connectivity index (χ3n) is 3.44. The standard InChI is InChI=1S/C18H24N2O2/c1-18(2,11-20(3)4)12-22-17(21)16-10-14(19)9-13-7-5-6-8-15(13)16/h5-10H,11-12,19H2,1-4H3. The average molecular weight is 300 g/mol. The summed E-state index contributed by atoms with van der Waals surface area (Å²) in [6, 6.07) is 11.2. The Labute approximate surface area is 131 Å². The van der Waals surface area contributed by atoms with E-state index in [2.05, 4.69) is 18.7 Å². The summed E-state index contributed by atoms with van der Waals surface area (Å²) >= 11 is 0. The predicted molar refractivity (Wildman–Crippen MR) is 91.0 cm³/mol. The summed E-state index contributed by atoms with van der Waals surface area (Å²) in [6.45, 7) is 5.38. The highest BCUT2D eigenvalue weighted by molar-refractivity contribution is 6.05. The van der Waals surface area contributed by atoms with Crippen LogP contribution in [0.1, 0.15) is 24.2 Å². The number of nitrogens with two attached hydrogens (primary N) is 1. The highest BCUT2D eigenvalue weighted by Crippen LogP contribution is 2.24. The molecule has 0 atom stereocenters. The van der Waals surface area contributed by atoms with Crippen LogP contribution in [-0.2, 0) is 4.74 Å². The maximum Gasteiger partial charge on any atom is 0.338 e. The van der Waals surface area contributed by atoms with Crippen LogP contribution in [0.3, 0.4) is 0 Å². The maximum atomic E-state index is 12.5. The van der Waals surface area contributed by atoms with E-state index >= 15 is 0 Å². The van der Waals surface area contributed by atoms with E-state index < -0.39 is 0 Å². The Hall–Kier alpha value is -2.07. The van der Waals surface area contributed by atoms with Gasteiger partial charge in [0.2, 0.25) is 0 Å². The van der Waals surface area contributed by atoms with Gasteiger partial charge in [-0.1, -0.05) is 38.1 Å². The molecule has 118 valence electrons. The minimum atomic E-state index is -0.324. The van der Waals surface area contributed by atoms with Crippen LogP contribution in [0.15, 0.2) is 36.4 Å². The number of carbonyl (C=O) groups is 1. The molecule has 22 heavy (non-hydrogen) atoms. The Bertz CT molecular complexity index is 678. The SMILES string of the molecule is CN(C)CC(C)(C)COC(=O)c1cc(N)cc2ccccc12. The number of nitrogens with zero attached hydrogens (tertiary/aromatic N) is 1. The molecule has 0 fully saturated rings. The van der Waals surface area contributed by atoms with E-state index in [4.69, 9.17) is 10.5 Å². The van der Waals surface area contributed by atoms with Crippen LogP contribution in [0, 0.1) is 5.41 Å². The van der Waals surface area contributed by atoms with Gasteiger partial charge in [0.1, 0.15) is 0 Å². The first kappa shape index (κ1) is 16.3. The number of hydrogen-bond acceptors (Lipinski definition) is 4. The van der Waals surface area contributed by atoms with Gasteiger partial charge in [-0.25, -0.2) is 4.79 Å². The lowest BCUT2D eigenvalue weighted by Gasteiger charge is -2.27. The third-order valence-corrected chi connectivity index (χ3v) is 3.44. The van der Waals surface area contributed by atoms with E-state index in [-0.39, 0.29) is 11.4 Å². The van der Waals surface area contributed by atoms with Crippen LogP contribution in [0.5, 0.6) is 0 Å². The first-order chi connectivity index (χ1) is 10.3. The van der Waals surface area contributed by atoms with Crippen LogP contribution in [0.4, 0.5) is 5.69 Å². The molecule has 2 aromatic carbocycles. The molecule has 0 aliphatic rings. The summed E-state index contributed by atoms with van der Waals surface area (Å²) in [4.78, 5) is 14.5. The molecule has 0 saturated carbocycles. The molecule has 2 aromatic rings. The second kappa shape index (κ2) is 6.36. The Kier molecular flexibility index (Phi) is 4.71. The Morgan fingerprint density at radius 3 is 2.59 bits per heavy atom. The van der Waals surface area contributed by atoms with Crippen molar-refractivity contribution in [1.82, 2.24) is 4.90 Å². The number of carbonyl (C=O) groups excluding carboxylic acids is 1. The lowest BCUT2D eigenvalue weighted by molar-refractivity contribution is 0.0300. The Balaban J connectivity index is 2.20. The molecule has 0 aliphatic heterocycles. The van der Waals surface area contributed by atoms with E-state index in [0.717, 1.165) is 17.3 Å². The zero-order valence-electron chi connectivity index (χ0n) is 13.7. The lowest BCUT2D eigenvalue weighted by Crippen LogP contribution is -2.33. The lowest BCUT2D eigenvalue weighted by atomic mass is 9.94. The molecule has 0 spiro atoms. The summed E-state index contributed by atoms with van der Waals surface area (Å²) in [5, 5.41) is 1.81. The summed E-state index contributed by atoms with van der Waals surface area (Å²) in [5.74, 6) is -0.324. The van der Waals surface area contributed by atoms with Gasteiger partial charge in [-0.3, -0.25) is 0 Å². The van der Waals surface area contributed by atoms with Gasteiger partial charge in [0, 0.05) is 17.6 Å². The van der Waals surface area contributed by atoms with Crippen LogP contribution in [-0.4, -0.2) is 38.1 Å². The molecule has 0 heterocycles. The molecule has 4 nitrogen and oxygen atoms in total. The smallest absolute Gasteiger partial charge is 0.338 e. The molecule has 0 bridgehead atoms. The van der Waals surface area contributed by atoms with Gasteiger partial charge in [0.25, 0.3) is 0 Å². The second-order valence-corrected chi connectivity index (χ2v) is 6.77. The number of ether oxygens (including phenoxy) is 1. The van der Waals surface area contributed by atoms with Crippen LogP contribution in [0.25, 0.3) is 10.8 Å². The second-order valence-electron chi connectivity index (χ2n) is 6.77. The fourth-order valence-electron chi connectivity index (χ4n) is 2.74. The maximum absolute atomic E-state index is 12.5. The van der Waals surface area contributed by atoms with Gasteiger partial charge < -0.3 is 15.4 Å². The minimum absolute atomic E-state index is 0.102. The topological polar surface area (TPSA) is 55.6 Å². The van der Waals surface area contributed by atoms with Gasteiger partial charge in [-0.05, 0) is 37.0 Å². The van der Waals surface area contributed by atoms with Crippen molar-refractivity contribution < 1.29 is 9.53 Å². The average Bonchev–Trinajstić information content (AvgIpc) is 2.42. The summed E-state index contributed by atoms with van der Waals surface area (Å²) in [6.07, 6.45) is 0. The van der Waals surface area contributed by atoms with Gasteiger partial charge >= 0.3 is 5.97 Å². The van der Waals surface area contributed by atoms with Gasteiger partial charge in [-0.2, -0.15) is 0 Å². The van der Waals surface area contributed by atoms with E-state index in [1.54, 1.807) is 6.07 Å². The monoisotopic (exact) mass is 300 g/mol. The summed E-state index contributed by atoms with van der Waals surface area (Å²) in [5.41, 5.74) is 6.89. The molecule has 4 heteroatoms. The summed E-state index contributed by atoms with van der Waals surface area (Å²) in [7, 11) is 4.02. The van der Waals surface area contributed by atoms with E-state index in [0.29, 0.717) is 17.9 Å². The number of benzene rings is 2. The van der Waals surface area contributed by atoms with E-state index in [1.165, 1.54) is 0 Å². The normalized spacial score (nSPS) is 11.9.